The van der Waals surface area contributed by atoms with E-state index in [1.807, 2.05) is 19.9 Å². The van der Waals surface area contributed by atoms with E-state index in [1.54, 1.807) is 0 Å². The van der Waals surface area contributed by atoms with Crippen LogP contribution in [-0.4, -0.2) is 22.6 Å². The molecule has 16 heavy (non-hydrogen) atoms. The summed E-state index contributed by atoms with van der Waals surface area (Å²) in [5.74, 6) is 2.13. The first-order chi connectivity index (χ1) is 7.69. The zero-order valence-electron chi connectivity index (χ0n) is 10.2. The van der Waals surface area contributed by atoms with Crippen molar-refractivity contribution in [3.05, 3.63) is 11.8 Å². The molecule has 1 aromatic heterocycles. The second kappa shape index (κ2) is 4.68. The number of hydrogen-bond acceptors (Lipinski definition) is 4. The third-order valence-electron chi connectivity index (χ3n) is 2.81. The number of aryl methyl sites for hydroxylation is 1. The molecule has 4 nitrogen and oxygen atoms in total. The van der Waals surface area contributed by atoms with Crippen LogP contribution in [0.25, 0.3) is 0 Å². The maximum absolute atomic E-state index is 5.39. The third kappa shape index (κ3) is 2.84. The highest BCUT2D eigenvalue weighted by atomic mass is 16.5. The lowest BCUT2D eigenvalue weighted by molar-refractivity contribution is 0.326. The molecule has 0 spiro atoms. The second-order valence-electron chi connectivity index (χ2n) is 4.37. The van der Waals surface area contributed by atoms with Crippen LogP contribution in [0, 0.1) is 12.8 Å². The van der Waals surface area contributed by atoms with Crippen molar-refractivity contribution in [1.29, 1.82) is 0 Å². The number of nitrogens with zero attached hydrogens (tertiary/aromatic N) is 2. The summed E-state index contributed by atoms with van der Waals surface area (Å²) in [6.07, 6.45) is 2.64. The van der Waals surface area contributed by atoms with E-state index in [9.17, 15) is 0 Å². The fourth-order valence-electron chi connectivity index (χ4n) is 1.74. The van der Waals surface area contributed by atoms with Gasteiger partial charge in [-0.05, 0) is 39.5 Å². The molecule has 1 aromatic rings. The van der Waals surface area contributed by atoms with Crippen molar-refractivity contribution in [3.63, 3.8) is 0 Å². The van der Waals surface area contributed by atoms with Crippen LogP contribution in [0.15, 0.2) is 6.07 Å². The Balaban J connectivity index is 2.06. The van der Waals surface area contributed by atoms with Gasteiger partial charge in [0.1, 0.15) is 0 Å². The Morgan fingerprint density at radius 1 is 1.50 bits per heavy atom. The van der Waals surface area contributed by atoms with Crippen molar-refractivity contribution in [2.24, 2.45) is 5.92 Å². The lowest BCUT2D eigenvalue weighted by atomic mass is 10.2. The van der Waals surface area contributed by atoms with Crippen molar-refractivity contribution >= 4 is 5.95 Å². The van der Waals surface area contributed by atoms with Gasteiger partial charge in [-0.1, -0.05) is 0 Å². The van der Waals surface area contributed by atoms with Crippen molar-refractivity contribution < 1.29 is 4.74 Å². The minimum Gasteiger partial charge on any atom is -0.478 e. The first-order valence-electron chi connectivity index (χ1n) is 5.94. The van der Waals surface area contributed by atoms with Gasteiger partial charge in [0.25, 0.3) is 0 Å². The van der Waals surface area contributed by atoms with Crippen molar-refractivity contribution in [2.75, 3.05) is 11.9 Å². The summed E-state index contributed by atoms with van der Waals surface area (Å²) in [7, 11) is 0. The van der Waals surface area contributed by atoms with Crippen LogP contribution in [0.3, 0.4) is 0 Å². The van der Waals surface area contributed by atoms with E-state index >= 15 is 0 Å². The first kappa shape index (κ1) is 11.2. The van der Waals surface area contributed by atoms with Gasteiger partial charge in [-0.3, -0.25) is 0 Å². The van der Waals surface area contributed by atoms with Crippen LogP contribution < -0.4 is 10.1 Å². The lowest BCUT2D eigenvalue weighted by Crippen LogP contribution is -2.19. The molecule has 1 saturated carbocycles. The summed E-state index contributed by atoms with van der Waals surface area (Å²) in [4.78, 5) is 8.69. The number of ether oxygens (including phenoxy) is 1. The molecule has 0 bridgehead atoms. The fourth-order valence-corrected chi connectivity index (χ4v) is 1.74. The largest absolute Gasteiger partial charge is 0.478 e. The Morgan fingerprint density at radius 3 is 2.88 bits per heavy atom. The molecule has 1 heterocycles. The standard InChI is InChI=1S/C12H19N3O/c1-4-16-11-7-8(2)13-12(15-11)14-9(3)10-5-6-10/h7,9-10H,4-6H2,1-3H3,(H,13,14,15). The first-order valence-corrected chi connectivity index (χ1v) is 5.94. The maximum atomic E-state index is 5.39. The highest BCUT2D eigenvalue weighted by molar-refractivity contribution is 5.32. The summed E-state index contributed by atoms with van der Waals surface area (Å²) in [5, 5.41) is 3.34. The topological polar surface area (TPSA) is 47.0 Å². The van der Waals surface area contributed by atoms with Crippen molar-refractivity contribution in [1.82, 2.24) is 9.97 Å². The molecule has 0 saturated heterocycles. The number of nitrogens with one attached hydrogen (secondary N) is 1. The Hall–Kier alpha value is -1.32. The fraction of sp³-hybridized carbons (Fsp3) is 0.667. The smallest absolute Gasteiger partial charge is 0.226 e. The highest BCUT2D eigenvalue weighted by Gasteiger charge is 2.28. The Labute approximate surface area is 96.4 Å². The predicted octanol–water partition coefficient (Wildman–Crippen LogP) is 2.39. The van der Waals surface area contributed by atoms with Crippen LogP contribution in [0.5, 0.6) is 5.88 Å². The quantitative estimate of drug-likeness (QED) is 0.829. The number of anilines is 1. The van der Waals surface area contributed by atoms with E-state index in [4.69, 9.17) is 4.74 Å². The van der Waals surface area contributed by atoms with Crippen LogP contribution in [0.1, 0.15) is 32.4 Å². The number of rotatable bonds is 5. The lowest BCUT2D eigenvalue weighted by Gasteiger charge is -2.13. The normalized spacial score (nSPS) is 16.9. The zero-order chi connectivity index (χ0) is 11.5. The third-order valence-corrected chi connectivity index (χ3v) is 2.81. The van der Waals surface area contributed by atoms with Gasteiger partial charge in [0, 0.05) is 17.8 Å². The predicted molar refractivity (Wildman–Crippen MR) is 63.7 cm³/mol. The van der Waals surface area contributed by atoms with E-state index < -0.39 is 0 Å². The van der Waals surface area contributed by atoms with Crippen LogP contribution in [0.2, 0.25) is 0 Å². The molecule has 1 atom stereocenters. The molecular weight excluding hydrogens is 202 g/mol. The maximum Gasteiger partial charge on any atom is 0.226 e. The van der Waals surface area contributed by atoms with Crippen molar-refractivity contribution in [2.45, 2.75) is 39.7 Å². The Morgan fingerprint density at radius 2 is 2.25 bits per heavy atom. The highest BCUT2D eigenvalue weighted by Crippen LogP contribution is 2.33. The van der Waals surface area contributed by atoms with Gasteiger partial charge in [0.2, 0.25) is 11.8 Å². The molecule has 88 valence electrons. The molecule has 0 amide bonds. The molecule has 1 unspecified atom stereocenters. The minimum absolute atomic E-state index is 0.455. The SMILES string of the molecule is CCOc1cc(C)nc(NC(C)C2CC2)n1. The zero-order valence-corrected chi connectivity index (χ0v) is 10.2. The van der Waals surface area contributed by atoms with Gasteiger partial charge in [-0.2, -0.15) is 4.98 Å². The van der Waals surface area contributed by atoms with Gasteiger partial charge in [-0.15, -0.1) is 0 Å². The van der Waals surface area contributed by atoms with Gasteiger partial charge in [-0.25, -0.2) is 4.98 Å². The average molecular weight is 221 g/mol. The van der Waals surface area contributed by atoms with Crippen LogP contribution in [0.4, 0.5) is 5.95 Å². The molecule has 4 heteroatoms. The van der Waals surface area contributed by atoms with E-state index in [0.29, 0.717) is 24.5 Å². The summed E-state index contributed by atoms with van der Waals surface area (Å²) >= 11 is 0. The molecule has 0 aliphatic heterocycles. The molecule has 1 aliphatic rings. The summed E-state index contributed by atoms with van der Waals surface area (Å²) in [6.45, 7) is 6.73. The van der Waals surface area contributed by atoms with Crippen LogP contribution in [-0.2, 0) is 0 Å². The van der Waals surface area contributed by atoms with Crippen molar-refractivity contribution in [3.8, 4) is 5.88 Å². The van der Waals surface area contributed by atoms with Gasteiger partial charge < -0.3 is 10.1 Å². The average Bonchev–Trinajstić information content (AvgIpc) is 2.99. The molecular formula is C12H19N3O. The van der Waals surface area contributed by atoms with E-state index in [0.717, 1.165) is 11.6 Å². The van der Waals surface area contributed by atoms with Gasteiger partial charge >= 0.3 is 0 Å². The van der Waals surface area contributed by atoms with Gasteiger partial charge in [0.05, 0.1) is 6.61 Å². The molecule has 1 aliphatic carbocycles. The van der Waals surface area contributed by atoms with E-state index in [1.165, 1.54) is 12.8 Å². The van der Waals surface area contributed by atoms with E-state index in [2.05, 4.69) is 22.2 Å². The summed E-state index contributed by atoms with van der Waals surface area (Å²) in [6, 6.07) is 2.31. The second-order valence-corrected chi connectivity index (χ2v) is 4.37. The van der Waals surface area contributed by atoms with Gasteiger partial charge in [0.15, 0.2) is 0 Å². The molecule has 1 N–H and O–H groups in total. The summed E-state index contributed by atoms with van der Waals surface area (Å²) in [5.41, 5.74) is 0.934. The molecule has 0 radical (unpaired) electrons. The number of hydrogen-bond donors (Lipinski definition) is 1. The molecule has 1 fully saturated rings. The Kier molecular flexibility index (Phi) is 3.27. The van der Waals surface area contributed by atoms with E-state index in [-0.39, 0.29) is 0 Å². The number of aromatic nitrogens is 2. The molecule has 0 aromatic carbocycles. The monoisotopic (exact) mass is 221 g/mol. The minimum atomic E-state index is 0.455. The summed E-state index contributed by atoms with van der Waals surface area (Å²) < 4.78 is 5.39. The molecule has 2 rings (SSSR count). The van der Waals surface area contributed by atoms with Crippen LogP contribution >= 0.6 is 0 Å². The Bertz CT molecular complexity index is 363.